The summed E-state index contributed by atoms with van der Waals surface area (Å²) in [6.45, 7) is 4.52. The summed E-state index contributed by atoms with van der Waals surface area (Å²) < 4.78 is 5.96. The number of rotatable bonds is 3. The highest BCUT2D eigenvalue weighted by Gasteiger charge is 2.37. The van der Waals surface area contributed by atoms with E-state index in [1.165, 1.54) is 6.42 Å². The van der Waals surface area contributed by atoms with Crippen LogP contribution in [0.4, 0.5) is 5.95 Å². The summed E-state index contributed by atoms with van der Waals surface area (Å²) in [5.41, 5.74) is 5.36. The van der Waals surface area contributed by atoms with Crippen molar-refractivity contribution in [1.29, 1.82) is 0 Å². The van der Waals surface area contributed by atoms with Gasteiger partial charge in [0.1, 0.15) is 11.4 Å². The zero-order valence-corrected chi connectivity index (χ0v) is 10.6. The average molecular weight is 236 g/mol. The minimum absolute atomic E-state index is 0.289. The predicted octanol–water partition coefficient (Wildman–Crippen LogP) is 1.96. The lowest BCUT2D eigenvalue weighted by Crippen LogP contribution is -2.35. The Hall–Kier alpha value is -1.23. The largest absolute Gasteiger partial charge is 0.368 e. The molecule has 0 aliphatic heterocycles. The maximum absolute atomic E-state index is 5.96. The molecule has 0 amide bonds. The molecule has 5 heteroatoms. The highest BCUT2D eigenvalue weighted by molar-refractivity contribution is 5.19. The van der Waals surface area contributed by atoms with Crippen molar-refractivity contribution in [1.82, 2.24) is 15.0 Å². The number of aryl methyl sites for hydroxylation is 1. The molecule has 0 spiro atoms. The molecule has 0 saturated heterocycles. The van der Waals surface area contributed by atoms with E-state index in [1.54, 1.807) is 0 Å². The number of hydrogen-bond acceptors (Lipinski definition) is 5. The second-order valence-corrected chi connectivity index (χ2v) is 4.55. The molecule has 1 heterocycles. The van der Waals surface area contributed by atoms with E-state index in [0.29, 0.717) is 18.3 Å². The van der Waals surface area contributed by atoms with Crippen LogP contribution in [0.5, 0.6) is 0 Å². The molecule has 2 N–H and O–H groups in total. The van der Waals surface area contributed by atoms with Crippen LogP contribution in [0.25, 0.3) is 0 Å². The quantitative estimate of drug-likeness (QED) is 0.868. The van der Waals surface area contributed by atoms with Crippen LogP contribution in [-0.4, -0.2) is 21.6 Å². The molecule has 1 fully saturated rings. The molecule has 2 rings (SSSR count). The SMILES string of the molecule is CCOC1(c2nc(C)nc(N)n2)CCCCC1. The first kappa shape index (κ1) is 12.2. The highest BCUT2D eigenvalue weighted by atomic mass is 16.5. The number of nitrogen functional groups attached to an aromatic ring is 1. The average Bonchev–Trinajstić information content (AvgIpc) is 2.29. The van der Waals surface area contributed by atoms with Gasteiger partial charge in [-0.05, 0) is 26.7 Å². The van der Waals surface area contributed by atoms with Gasteiger partial charge in [0.05, 0.1) is 0 Å². The predicted molar refractivity (Wildman–Crippen MR) is 65.4 cm³/mol. The number of anilines is 1. The second kappa shape index (κ2) is 4.96. The molecule has 1 aromatic rings. The van der Waals surface area contributed by atoms with E-state index in [4.69, 9.17) is 10.5 Å². The van der Waals surface area contributed by atoms with E-state index >= 15 is 0 Å². The summed E-state index contributed by atoms with van der Waals surface area (Å²) in [5.74, 6) is 1.67. The number of nitrogens with zero attached hydrogens (tertiary/aromatic N) is 3. The van der Waals surface area contributed by atoms with Crippen molar-refractivity contribution >= 4 is 5.95 Å². The molecule has 0 radical (unpaired) electrons. The van der Waals surface area contributed by atoms with Crippen LogP contribution in [-0.2, 0) is 10.3 Å². The Morgan fingerprint density at radius 3 is 2.47 bits per heavy atom. The maximum Gasteiger partial charge on any atom is 0.223 e. The van der Waals surface area contributed by atoms with Gasteiger partial charge in [-0.3, -0.25) is 0 Å². The van der Waals surface area contributed by atoms with Crippen LogP contribution in [0, 0.1) is 6.92 Å². The Bertz CT molecular complexity index is 362. The molecule has 94 valence electrons. The first-order valence-corrected chi connectivity index (χ1v) is 6.29. The smallest absolute Gasteiger partial charge is 0.223 e. The fraction of sp³-hybridized carbons (Fsp3) is 0.750. The van der Waals surface area contributed by atoms with Gasteiger partial charge in [0.25, 0.3) is 0 Å². The van der Waals surface area contributed by atoms with Crippen molar-refractivity contribution in [3.05, 3.63) is 11.6 Å². The molecule has 0 bridgehead atoms. The highest BCUT2D eigenvalue weighted by Crippen LogP contribution is 2.38. The molecule has 1 saturated carbocycles. The fourth-order valence-corrected chi connectivity index (χ4v) is 2.54. The summed E-state index contributed by atoms with van der Waals surface area (Å²) >= 11 is 0. The van der Waals surface area contributed by atoms with Gasteiger partial charge in [-0.2, -0.15) is 9.97 Å². The van der Waals surface area contributed by atoms with Crippen molar-refractivity contribution in [2.75, 3.05) is 12.3 Å². The first-order chi connectivity index (χ1) is 8.16. The number of nitrogens with two attached hydrogens (primary N) is 1. The van der Waals surface area contributed by atoms with E-state index in [9.17, 15) is 0 Å². The minimum Gasteiger partial charge on any atom is -0.368 e. The monoisotopic (exact) mass is 236 g/mol. The summed E-state index contributed by atoms with van der Waals surface area (Å²) in [6.07, 6.45) is 5.52. The first-order valence-electron chi connectivity index (χ1n) is 6.29. The molecule has 1 aliphatic rings. The van der Waals surface area contributed by atoms with Gasteiger partial charge < -0.3 is 10.5 Å². The number of ether oxygens (including phenoxy) is 1. The normalized spacial score (nSPS) is 19.2. The number of hydrogen-bond donors (Lipinski definition) is 1. The lowest BCUT2D eigenvalue weighted by molar-refractivity contribution is -0.0768. The molecule has 0 aromatic carbocycles. The van der Waals surface area contributed by atoms with Crippen molar-refractivity contribution in [3.8, 4) is 0 Å². The van der Waals surface area contributed by atoms with Crippen LogP contribution in [0.1, 0.15) is 50.7 Å². The van der Waals surface area contributed by atoms with Crippen molar-refractivity contribution in [3.63, 3.8) is 0 Å². The topological polar surface area (TPSA) is 73.9 Å². The Balaban J connectivity index is 2.37. The van der Waals surface area contributed by atoms with Crippen molar-refractivity contribution < 1.29 is 4.74 Å². The van der Waals surface area contributed by atoms with E-state index in [-0.39, 0.29) is 11.5 Å². The lowest BCUT2D eigenvalue weighted by atomic mass is 9.84. The summed E-state index contributed by atoms with van der Waals surface area (Å²) in [5, 5.41) is 0. The Kier molecular flexibility index (Phi) is 3.57. The van der Waals surface area contributed by atoms with Gasteiger partial charge in [0.2, 0.25) is 5.95 Å². The third-order valence-electron chi connectivity index (χ3n) is 3.25. The van der Waals surface area contributed by atoms with Gasteiger partial charge in [-0.1, -0.05) is 19.3 Å². The number of aromatic nitrogens is 3. The van der Waals surface area contributed by atoms with E-state index in [2.05, 4.69) is 15.0 Å². The summed E-state index contributed by atoms with van der Waals surface area (Å²) in [4.78, 5) is 12.7. The van der Waals surface area contributed by atoms with Crippen LogP contribution in [0.2, 0.25) is 0 Å². The molecular weight excluding hydrogens is 216 g/mol. The van der Waals surface area contributed by atoms with Crippen LogP contribution in [0.15, 0.2) is 0 Å². The molecule has 5 nitrogen and oxygen atoms in total. The lowest BCUT2D eigenvalue weighted by Gasteiger charge is -2.35. The van der Waals surface area contributed by atoms with Gasteiger partial charge in [-0.25, -0.2) is 4.98 Å². The molecule has 0 atom stereocenters. The Morgan fingerprint density at radius 1 is 1.18 bits per heavy atom. The zero-order valence-electron chi connectivity index (χ0n) is 10.6. The van der Waals surface area contributed by atoms with E-state index in [0.717, 1.165) is 25.7 Å². The zero-order chi connectivity index (χ0) is 12.3. The van der Waals surface area contributed by atoms with Crippen LogP contribution in [0.3, 0.4) is 0 Å². The van der Waals surface area contributed by atoms with E-state index < -0.39 is 0 Å². The molecule has 1 aromatic heterocycles. The third-order valence-corrected chi connectivity index (χ3v) is 3.25. The standard InChI is InChI=1S/C12H20N4O/c1-3-17-12(7-5-4-6-8-12)10-14-9(2)15-11(13)16-10/h3-8H2,1-2H3,(H2,13,14,15,16). The summed E-state index contributed by atoms with van der Waals surface area (Å²) in [6, 6.07) is 0. The van der Waals surface area contributed by atoms with Crippen molar-refractivity contribution in [2.24, 2.45) is 0 Å². The molecule has 0 unspecified atom stereocenters. The third kappa shape index (κ3) is 2.54. The van der Waals surface area contributed by atoms with Gasteiger partial charge in [-0.15, -0.1) is 0 Å². The fourth-order valence-electron chi connectivity index (χ4n) is 2.54. The van der Waals surface area contributed by atoms with Crippen molar-refractivity contribution in [2.45, 2.75) is 51.6 Å². The van der Waals surface area contributed by atoms with Crippen LogP contribution < -0.4 is 5.73 Å². The molecule has 1 aliphatic carbocycles. The second-order valence-electron chi connectivity index (χ2n) is 4.55. The summed E-state index contributed by atoms with van der Waals surface area (Å²) in [7, 11) is 0. The maximum atomic E-state index is 5.96. The minimum atomic E-state index is -0.338. The van der Waals surface area contributed by atoms with Gasteiger partial charge in [0, 0.05) is 6.61 Å². The van der Waals surface area contributed by atoms with Gasteiger partial charge in [0.15, 0.2) is 5.82 Å². The molecular formula is C12H20N4O. The molecule has 17 heavy (non-hydrogen) atoms. The van der Waals surface area contributed by atoms with Gasteiger partial charge >= 0.3 is 0 Å². The van der Waals surface area contributed by atoms with Crippen LogP contribution >= 0.6 is 0 Å². The Morgan fingerprint density at radius 2 is 1.88 bits per heavy atom. The van der Waals surface area contributed by atoms with E-state index in [1.807, 2.05) is 13.8 Å². The Labute approximate surface area is 102 Å².